The van der Waals surface area contributed by atoms with Gasteiger partial charge >= 0.3 is 0 Å². The van der Waals surface area contributed by atoms with Crippen LogP contribution in [0.5, 0.6) is 0 Å². The molecule has 0 saturated carbocycles. The van der Waals surface area contributed by atoms with Crippen LogP contribution in [0.15, 0.2) is 48.5 Å². The molecule has 1 saturated heterocycles. The maximum Gasteiger partial charge on any atom is 0.224 e. The number of nitrogens with one attached hydrogen (secondary N) is 1. The third-order valence-corrected chi connectivity index (χ3v) is 5.35. The summed E-state index contributed by atoms with van der Waals surface area (Å²) in [5.74, 6) is -0.0121. The quantitative estimate of drug-likeness (QED) is 0.734. The molecule has 2 aromatic carbocycles. The standard InChI is InChI=1S/C21H25Cl2N3O/c22-18-8-9-20(19(23)15-18)24-21(27)7-4-10-25-11-13-26(14-12-25)16-17-5-2-1-3-6-17/h1-3,5-6,8-9,15H,4,7,10-14,16H2,(H,24,27). The van der Waals surface area contributed by atoms with Crippen molar-refractivity contribution in [3.05, 3.63) is 64.1 Å². The van der Waals surface area contributed by atoms with E-state index in [0.29, 0.717) is 22.2 Å². The number of hydrogen-bond donors (Lipinski definition) is 1. The predicted molar refractivity (Wildman–Crippen MR) is 112 cm³/mol. The molecule has 0 bridgehead atoms. The largest absolute Gasteiger partial charge is 0.325 e. The van der Waals surface area contributed by atoms with Crippen LogP contribution in [0.3, 0.4) is 0 Å². The molecule has 1 fully saturated rings. The van der Waals surface area contributed by atoms with Gasteiger partial charge in [0, 0.05) is 44.2 Å². The second-order valence-corrected chi connectivity index (χ2v) is 7.72. The zero-order valence-electron chi connectivity index (χ0n) is 15.3. The fourth-order valence-electron chi connectivity index (χ4n) is 3.28. The van der Waals surface area contributed by atoms with Crippen LogP contribution in [-0.2, 0) is 11.3 Å². The highest BCUT2D eigenvalue weighted by Gasteiger charge is 2.17. The summed E-state index contributed by atoms with van der Waals surface area (Å²) in [5.41, 5.74) is 1.98. The predicted octanol–water partition coefficient (Wildman–Crippen LogP) is 4.53. The molecule has 1 heterocycles. The Balaban J connectivity index is 1.33. The van der Waals surface area contributed by atoms with E-state index in [1.54, 1.807) is 18.2 Å². The Morgan fingerprint density at radius 2 is 1.67 bits per heavy atom. The molecule has 2 aromatic rings. The number of anilines is 1. The van der Waals surface area contributed by atoms with E-state index in [1.807, 2.05) is 0 Å². The number of benzene rings is 2. The lowest BCUT2D eigenvalue weighted by Crippen LogP contribution is -2.46. The van der Waals surface area contributed by atoms with Gasteiger partial charge in [-0.05, 0) is 36.7 Å². The first kappa shape index (κ1) is 20.2. The summed E-state index contributed by atoms with van der Waals surface area (Å²) in [4.78, 5) is 17.0. The van der Waals surface area contributed by atoms with Crippen LogP contribution in [0, 0.1) is 0 Å². The van der Waals surface area contributed by atoms with Crippen molar-refractivity contribution in [2.24, 2.45) is 0 Å². The molecule has 144 valence electrons. The van der Waals surface area contributed by atoms with Crippen LogP contribution in [-0.4, -0.2) is 48.4 Å². The van der Waals surface area contributed by atoms with Crippen LogP contribution >= 0.6 is 23.2 Å². The lowest BCUT2D eigenvalue weighted by molar-refractivity contribution is -0.116. The van der Waals surface area contributed by atoms with Crippen molar-refractivity contribution >= 4 is 34.8 Å². The van der Waals surface area contributed by atoms with E-state index in [-0.39, 0.29) is 5.91 Å². The van der Waals surface area contributed by atoms with Gasteiger partial charge in [0.05, 0.1) is 10.7 Å². The highest BCUT2D eigenvalue weighted by atomic mass is 35.5. The molecule has 4 nitrogen and oxygen atoms in total. The van der Waals surface area contributed by atoms with Crippen LogP contribution in [0.2, 0.25) is 10.0 Å². The van der Waals surface area contributed by atoms with Crippen LogP contribution in [0.25, 0.3) is 0 Å². The summed E-state index contributed by atoms with van der Waals surface area (Å²) in [6.07, 6.45) is 1.33. The molecule has 1 N–H and O–H groups in total. The van der Waals surface area contributed by atoms with Gasteiger partial charge in [-0.3, -0.25) is 9.69 Å². The molecule has 0 unspecified atom stereocenters. The molecule has 0 atom stereocenters. The number of carbonyl (C=O) groups excluding carboxylic acids is 1. The average molecular weight is 406 g/mol. The van der Waals surface area contributed by atoms with Crippen LogP contribution < -0.4 is 5.32 Å². The van der Waals surface area contributed by atoms with Gasteiger partial charge < -0.3 is 10.2 Å². The van der Waals surface area contributed by atoms with E-state index in [4.69, 9.17) is 23.2 Å². The molecule has 0 aliphatic carbocycles. The topological polar surface area (TPSA) is 35.6 Å². The minimum atomic E-state index is -0.0121. The molecule has 1 amide bonds. The van der Waals surface area contributed by atoms with Crippen molar-refractivity contribution in [1.29, 1.82) is 0 Å². The first-order valence-corrected chi connectivity index (χ1v) is 10.1. The SMILES string of the molecule is O=C(CCCN1CCN(Cc2ccccc2)CC1)Nc1ccc(Cl)cc1Cl. The lowest BCUT2D eigenvalue weighted by Gasteiger charge is -2.34. The van der Waals surface area contributed by atoms with Crippen molar-refractivity contribution in [1.82, 2.24) is 9.80 Å². The molecule has 1 aliphatic heterocycles. The number of hydrogen-bond acceptors (Lipinski definition) is 3. The first-order chi connectivity index (χ1) is 13.1. The van der Waals surface area contributed by atoms with E-state index in [9.17, 15) is 4.79 Å². The van der Waals surface area contributed by atoms with Gasteiger partial charge in [-0.1, -0.05) is 53.5 Å². The molecule has 0 radical (unpaired) electrons. The van der Waals surface area contributed by atoms with Gasteiger partial charge in [0.1, 0.15) is 0 Å². The molecule has 0 spiro atoms. The molecule has 6 heteroatoms. The molecule has 0 aromatic heterocycles. The van der Waals surface area contributed by atoms with Gasteiger partial charge in [-0.15, -0.1) is 0 Å². The average Bonchev–Trinajstić information content (AvgIpc) is 2.66. The summed E-state index contributed by atoms with van der Waals surface area (Å²) in [6.45, 7) is 6.21. The van der Waals surface area contributed by atoms with Crippen molar-refractivity contribution in [3.8, 4) is 0 Å². The molecular formula is C21H25Cl2N3O. The van der Waals surface area contributed by atoms with Crippen molar-refractivity contribution in [3.63, 3.8) is 0 Å². The summed E-state index contributed by atoms with van der Waals surface area (Å²) in [6, 6.07) is 15.7. The maximum absolute atomic E-state index is 12.1. The molecule has 3 rings (SSSR count). The monoisotopic (exact) mass is 405 g/mol. The molecule has 27 heavy (non-hydrogen) atoms. The minimum Gasteiger partial charge on any atom is -0.325 e. The number of amides is 1. The van der Waals surface area contributed by atoms with E-state index < -0.39 is 0 Å². The second-order valence-electron chi connectivity index (χ2n) is 6.88. The number of nitrogens with zero attached hydrogens (tertiary/aromatic N) is 2. The Morgan fingerprint density at radius 1 is 0.963 bits per heavy atom. The summed E-state index contributed by atoms with van der Waals surface area (Å²) < 4.78 is 0. The number of carbonyl (C=O) groups is 1. The first-order valence-electron chi connectivity index (χ1n) is 9.34. The van der Waals surface area contributed by atoms with E-state index in [0.717, 1.165) is 45.7 Å². The van der Waals surface area contributed by atoms with E-state index in [1.165, 1.54) is 5.56 Å². The number of halogens is 2. The Morgan fingerprint density at radius 3 is 2.37 bits per heavy atom. The minimum absolute atomic E-state index is 0.0121. The van der Waals surface area contributed by atoms with Gasteiger partial charge in [-0.25, -0.2) is 0 Å². The zero-order valence-corrected chi connectivity index (χ0v) is 16.8. The van der Waals surface area contributed by atoms with Crippen LogP contribution in [0.1, 0.15) is 18.4 Å². The second kappa shape index (κ2) is 10.1. The Hall–Kier alpha value is -1.59. The van der Waals surface area contributed by atoms with Crippen LogP contribution in [0.4, 0.5) is 5.69 Å². The van der Waals surface area contributed by atoms with Gasteiger partial charge in [0.15, 0.2) is 0 Å². The summed E-state index contributed by atoms with van der Waals surface area (Å²) >= 11 is 12.0. The van der Waals surface area contributed by atoms with E-state index in [2.05, 4.69) is 45.4 Å². The Labute approximate surface area is 171 Å². The van der Waals surface area contributed by atoms with Gasteiger partial charge in [0.25, 0.3) is 0 Å². The highest BCUT2D eigenvalue weighted by Crippen LogP contribution is 2.25. The van der Waals surface area contributed by atoms with Crippen molar-refractivity contribution < 1.29 is 4.79 Å². The lowest BCUT2D eigenvalue weighted by atomic mass is 10.2. The molecule has 1 aliphatic rings. The smallest absolute Gasteiger partial charge is 0.224 e. The summed E-state index contributed by atoms with van der Waals surface area (Å²) in [5, 5.41) is 3.88. The number of piperazine rings is 1. The highest BCUT2D eigenvalue weighted by molar-refractivity contribution is 6.36. The third-order valence-electron chi connectivity index (χ3n) is 4.80. The van der Waals surface area contributed by atoms with Crippen molar-refractivity contribution in [2.75, 3.05) is 38.0 Å². The van der Waals surface area contributed by atoms with Crippen molar-refractivity contribution in [2.45, 2.75) is 19.4 Å². The van der Waals surface area contributed by atoms with Gasteiger partial charge in [-0.2, -0.15) is 0 Å². The van der Waals surface area contributed by atoms with E-state index >= 15 is 0 Å². The number of rotatable bonds is 7. The summed E-state index contributed by atoms with van der Waals surface area (Å²) in [7, 11) is 0. The third kappa shape index (κ3) is 6.51. The maximum atomic E-state index is 12.1. The Bertz CT molecular complexity index is 746. The fourth-order valence-corrected chi connectivity index (χ4v) is 3.74. The van der Waals surface area contributed by atoms with Gasteiger partial charge in [0.2, 0.25) is 5.91 Å². The molecular weight excluding hydrogens is 381 g/mol. The fraction of sp³-hybridized carbons (Fsp3) is 0.381. The Kier molecular flexibility index (Phi) is 7.53. The zero-order chi connectivity index (χ0) is 19.1. The normalized spacial score (nSPS) is 15.6.